The third-order valence-electron chi connectivity index (χ3n) is 4.33. The van der Waals surface area contributed by atoms with Crippen molar-refractivity contribution < 1.29 is 19.1 Å². The summed E-state index contributed by atoms with van der Waals surface area (Å²) in [5.74, 6) is 0.611. The average molecular weight is 319 g/mol. The topological polar surface area (TPSA) is 64.6 Å². The molecule has 0 radical (unpaired) electrons. The first-order chi connectivity index (χ1) is 11.1. The zero-order valence-electron chi connectivity index (χ0n) is 13.8. The number of hydrogen-bond donors (Lipinski definition) is 1. The summed E-state index contributed by atoms with van der Waals surface area (Å²) in [5.41, 5.74) is 0.831. The molecule has 0 spiro atoms. The standard InChI is InChI=1S/C18H25NO4/c1-13-5-3-4-6-16(13)19-17(20)12-23-18(21)11-14-7-9-15(22-2)10-8-14/h7-10,13,16H,3-6,11-12H2,1-2H3,(H,19,20)/t13-,16+/m0/s1. The molecule has 1 aromatic rings. The summed E-state index contributed by atoms with van der Waals surface area (Å²) in [6.45, 7) is 1.94. The molecule has 0 aliphatic heterocycles. The zero-order valence-corrected chi connectivity index (χ0v) is 13.8. The minimum Gasteiger partial charge on any atom is -0.497 e. The molecular weight excluding hydrogens is 294 g/mol. The van der Waals surface area contributed by atoms with Gasteiger partial charge in [-0.1, -0.05) is 31.9 Å². The lowest BCUT2D eigenvalue weighted by molar-refractivity contribution is -0.148. The lowest BCUT2D eigenvalue weighted by Gasteiger charge is -2.29. The fourth-order valence-corrected chi connectivity index (χ4v) is 2.89. The predicted molar refractivity (Wildman–Crippen MR) is 87.2 cm³/mol. The fraction of sp³-hybridized carbons (Fsp3) is 0.556. The van der Waals surface area contributed by atoms with Gasteiger partial charge in [-0.3, -0.25) is 9.59 Å². The molecule has 23 heavy (non-hydrogen) atoms. The van der Waals surface area contributed by atoms with Crippen molar-refractivity contribution >= 4 is 11.9 Å². The second kappa shape index (κ2) is 8.56. The molecule has 1 N–H and O–H groups in total. The van der Waals surface area contributed by atoms with Gasteiger partial charge in [0.25, 0.3) is 5.91 Å². The van der Waals surface area contributed by atoms with Gasteiger partial charge in [0.15, 0.2) is 6.61 Å². The smallest absolute Gasteiger partial charge is 0.310 e. The Morgan fingerprint density at radius 1 is 1.17 bits per heavy atom. The number of carbonyl (C=O) groups is 2. The highest BCUT2D eigenvalue weighted by Crippen LogP contribution is 2.23. The maximum atomic E-state index is 11.9. The molecule has 1 amide bonds. The monoisotopic (exact) mass is 319 g/mol. The van der Waals surface area contributed by atoms with Crippen LogP contribution in [0, 0.1) is 5.92 Å². The molecule has 0 heterocycles. The van der Waals surface area contributed by atoms with E-state index in [1.807, 2.05) is 12.1 Å². The number of carbonyl (C=O) groups excluding carboxylic acids is 2. The van der Waals surface area contributed by atoms with E-state index in [-0.39, 0.29) is 25.0 Å². The number of benzene rings is 1. The molecule has 5 heteroatoms. The molecule has 1 aliphatic rings. The van der Waals surface area contributed by atoms with Gasteiger partial charge in [0.2, 0.25) is 0 Å². The summed E-state index contributed by atoms with van der Waals surface area (Å²) < 4.78 is 10.1. The third-order valence-corrected chi connectivity index (χ3v) is 4.33. The fourth-order valence-electron chi connectivity index (χ4n) is 2.89. The van der Waals surface area contributed by atoms with Crippen molar-refractivity contribution in [2.75, 3.05) is 13.7 Å². The van der Waals surface area contributed by atoms with Gasteiger partial charge in [-0.2, -0.15) is 0 Å². The van der Waals surface area contributed by atoms with Crippen LogP contribution in [0.5, 0.6) is 5.75 Å². The normalized spacial score (nSPS) is 20.6. The van der Waals surface area contributed by atoms with Crippen molar-refractivity contribution in [3.63, 3.8) is 0 Å². The molecule has 0 saturated heterocycles. The summed E-state index contributed by atoms with van der Waals surface area (Å²) in [5, 5.41) is 2.97. The van der Waals surface area contributed by atoms with Gasteiger partial charge in [0.05, 0.1) is 13.5 Å². The van der Waals surface area contributed by atoms with E-state index in [9.17, 15) is 9.59 Å². The predicted octanol–water partition coefficient (Wildman–Crippen LogP) is 2.48. The van der Waals surface area contributed by atoms with Crippen molar-refractivity contribution in [3.05, 3.63) is 29.8 Å². The number of ether oxygens (including phenoxy) is 2. The van der Waals surface area contributed by atoms with Gasteiger partial charge in [-0.05, 0) is 36.5 Å². The molecule has 2 rings (SSSR count). The van der Waals surface area contributed by atoms with E-state index in [1.165, 1.54) is 6.42 Å². The molecular formula is C18H25NO4. The van der Waals surface area contributed by atoms with E-state index in [1.54, 1.807) is 19.2 Å². The molecule has 5 nitrogen and oxygen atoms in total. The Labute approximate surface area is 137 Å². The van der Waals surface area contributed by atoms with Crippen molar-refractivity contribution in [1.82, 2.24) is 5.32 Å². The van der Waals surface area contributed by atoms with Crippen LogP contribution < -0.4 is 10.1 Å². The van der Waals surface area contributed by atoms with Crippen LogP contribution in [0.25, 0.3) is 0 Å². The molecule has 0 bridgehead atoms. The van der Waals surface area contributed by atoms with Crippen molar-refractivity contribution in [1.29, 1.82) is 0 Å². The minimum absolute atomic E-state index is 0.150. The maximum Gasteiger partial charge on any atom is 0.310 e. The minimum atomic E-state index is -0.401. The van der Waals surface area contributed by atoms with E-state index in [0.29, 0.717) is 5.92 Å². The van der Waals surface area contributed by atoms with Crippen LogP contribution in [0.2, 0.25) is 0 Å². The Bertz CT molecular complexity index is 526. The zero-order chi connectivity index (χ0) is 16.7. The van der Waals surface area contributed by atoms with Gasteiger partial charge >= 0.3 is 5.97 Å². The molecule has 1 aromatic carbocycles. The van der Waals surface area contributed by atoms with Crippen LogP contribution in [0.4, 0.5) is 0 Å². The van der Waals surface area contributed by atoms with Crippen molar-refractivity contribution in [2.45, 2.75) is 45.1 Å². The van der Waals surface area contributed by atoms with Crippen LogP contribution in [0.3, 0.4) is 0 Å². The molecule has 1 aliphatic carbocycles. The number of methoxy groups -OCH3 is 1. The van der Waals surface area contributed by atoms with Gasteiger partial charge < -0.3 is 14.8 Å². The van der Waals surface area contributed by atoms with E-state index < -0.39 is 5.97 Å². The maximum absolute atomic E-state index is 11.9. The lowest BCUT2D eigenvalue weighted by atomic mass is 9.86. The quantitative estimate of drug-likeness (QED) is 0.818. The van der Waals surface area contributed by atoms with Gasteiger partial charge in [0, 0.05) is 6.04 Å². The van der Waals surface area contributed by atoms with Gasteiger partial charge in [0.1, 0.15) is 5.75 Å². The van der Waals surface area contributed by atoms with Crippen molar-refractivity contribution in [2.24, 2.45) is 5.92 Å². The first-order valence-electron chi connectivity index (χ1n) is 8.16. The Morgan fingerprint density at radius 3 is 2.52 bits per heavy atom. The Morgan fingerprint density at radius 2 is 1.87 bits per heavy atom. The lowest BCUT2D eigenvalue weighted by Crippen LogP contribution is -2.42. The van der Waals surface area contributed by atoms with Crippen molar-refractivity contribution in [3.8, 4) is 5.75 Å². The van der Waals surface area contributed by atoms with Crippen LogP contribution in [0.1, 0.15) is 38.2 Å². The van der Waals surface area contributed by atoms with E-state index in [4.69, 9.17) is 9.47 Å². The number of hydrogen-bond acceptors (Lipinski definition) is 4. The highest BCUT2D eigenvalue weighted by Gasteiger charge is 2.23. The molecule has 1 fully saturated rings. The number of esters is 1. The molecule has 126 valence electrons. The van der Waals surface area contributed by atoms with E-state index >= 15 is 0 Å². The second-order valence-corrected chi connectivity index (χ2v) is 6.12. The number of amides is 1. The first kappa shape index (κ1) is 17.3. The highest BCUT2D eigenvalue weighted by atomic mass is 16.5. The number of nitrogens with one attached hydrogen (secondary N) is 1. The van der Waals surface area contributed by atoms with Crippen LogP contribution in [0.15, 0.2) is 24.3 Å². The van der Waals surface area contributed by atoms with Gasteiger partial charge in [-0.15, -0.1) is 0 Å². The number of rotatable bonds is 6. The SMILES string of the molecule is COc1ccc(CC(=O)OCC(=O)N[C@@H]2CCCC[C@@H]2C)cc1. The Balaban J connectivity index is 1.71. The average Bonchev–Trinajstić information content (AvgIpc) is 2.56. The summed E-state index contributed by atoms with van der Waals surface area (Å²) >= 11 is 0. The molecule has 0 unspecified atom stereocenters. The van der Waals surface area contributed by atoms with Crippen LogP contribution >= 0.6 is 0 Å². The van der Waals surface area contributed by atoms with Gasteiger partial charge in [-0.25, -0.2) is 0 Å². The molecule has 0 aromatic heterocycles. The first-order valence-corrected chi connectivity index (χ1v) is 8.16. The largest absolute Gasteiger partial charge is 0.497 e. The Kier molecular flexibility index (Phi) is 6.44. The molecule has 2 atom stereocenters. The van der Waals surface area contributed by atoms with Crippen LogP contribution in [-0.2, 0) is 20.7 Å². The highest BCUT2D eigenvalue weighted by molar-refractivity contribution is 5.81. The summed E-state index contributed by atoms with van der Waals surface area (Å²) in [6, 6.07) is 7.41. The van der Waals surface area contributed by atoms with Crippen LogP contribution in [-0.4, -0.2) is 31.6 Å². The van der Waals surface area contributed by atoms with E-state index in [2.05, 4.69) is 12.2 Å². The Hall–Kier alpha value is -2.04. The summed E-state index contributed by atoms with van der Waals surface area (Å²) in [6.07, 6.45) is 4.67. The molecule has 1 saturated carbocycles. The summed E-state index contributed by atoms with van der Waals surface area (Å²) in [4.78, 5) is 23.7. The van der Waals surface area contributed by atoms with E-state index in [0.717, 1.165) is 30.6 Å². The summed E-state index contributed by atoms with van der Waals surface area (Å²) in [7, 11) is 1.59. The second-order valence-electron chi connectivity index (χ2n) is 6.12. The third kappa shape index (κ3) is 5.58.